The number of hydrogen-bond acceptors (Lipinski definition) is 2. The second-order valence-electron chi connectivity index (χ2n) is 7.31. The Balaban J connectivity index is 2.22. The maximum atomic E-state index is 13.2. The van der Waals surface area contributed by atoms with Crippen LogP contribution in [0.4, 0.5) is 18.9 Å². The fourth-order valence-electron chi connectivity index (χ4n) is 3.89. The van der Waals surface area contributed by atoms with E-state index in [4.69, 9.17) is 11.6 Å². The average molecular weight is 459 g/mol. The minimum Gasteiger partial charge on any atom is -0.337 e. The van der Waals surface area contributed by atoms with Gasteiger partial charge in [0.1, 0.15) is 0 Å². The van der Waals surface area contributed by atoms with Crippen molar-refractivity contribution in [2.24, 2.45) is 0 Å². The molecule has 0 aliphatic heterocycles. The first-order chi connectivity index (χ1) is 14.0. The van der Waals surface area contributed by atoms with Gasteiger partial charge in [0, 0.05) is 23.0 Å². The smallest absolute Gasteiger partial charge is 0.337 e. The van der Waals surface area contributed by atoms with Gasteiger partial charge < -0.3 is 4.57 Å². The fourth-order valence-corrected chi connectivity index (χ4v) is 4.60. The van der Waals surface area contributed by atoms with Gasteiger partial charge in [-0.2, -0.15) is 13.2 Å². The summed E-state index contributed by atoms with van der Waals surface area (Å²) < 4.78 is 67.3. The highest BCUT2D eigenvalue weighted by molar-refractivity contribution is 7.92. The summed E-state index contributed by atoms with van der Waals surface area (Å²) in [4.78, 5) is 0. The van der Waals surface area contributed by atoms with E-state index in [9.17, 15) is 21.6 Å². The third-order valence-electron chi connectivity index (χ3n) is 5.28. The molecule has 2 aromatic carbocycles. The third kappa shape index (κ3) is 4.75. The molecule has 0 aliphatic carbocycles. The minimum absolute atomic E-state index is 0.165. The highest BCUT2D eigenvalue weighted by Crippen LogP contribution is 2.41. The van der Waals surface area contributed by atoms with Gasteiger partial charge in [0.05, 0.1) is 23.0 Å². The van der Waals surface area contributed by atoms with E-state index in [1.54, 1.807) is 54.7 Å². The van der Waals surface area contributed by atoms with Crippen molar-refractivity contribution in [3.63, 3.8) is 0 Å². The van der Waals surface area contributed by atoms with Crippen LogP contribution in [-0.4, -0.2) is 25.4 Å². The van der Waals surface area contributed by atoms with Crippen LogP contribution >= 0.6 is 11.6 Å². The van der Waals surface area contributed by atoms with Crippen LogP contribution in [0.1, 0.15) is 31.7 Å². The number of hydrogen-bond donors (Lipinski definition) is 1. The minimum atomic E-state index is -4.31. The van der Waals surface area contributed by atoms with Crippen molar-refractivity contribution in [3.05, 3.63) is 65.3 Å². The van der Waals surface area contributed by atoms with Gasteiger partial charge in [-0.3, -0.25) is 4.72 Å². The Hall–Kier alpha value is -2.19. The molecule has 162 valence electrons. The number of aromatic nitrogens is 1. The third-order valence-corrected chi connectivity index (χ3v) is 6.12. The molecule has 1 heterocycles. The number of sulfonamides is 1. The number of anilines is 1. The van der Waals surface area contributed by atoms with E-state index in [0.29, 0.717) is 33.6 Å². The summed E-state index contributed by atoms with van der Waals surface area (Å²) in [6.45, 7) is 1.84. The number of rotatable bonds is 7. The molecule has 9 heteroatoms. The molecule has 1 atom stereocenters. The van der Waals surface area contributed by atoms with E-state index >= 15 is 0 Å². The maximum absolute atomic E-state index is 13.2. The molecule has 4 nitrogen and oxygen atoms in total. The Labute approximate surface area is 178 Å². The van der Waals surface area contributed by atoms with Crippen molar-refractivity contribution in [2.75, 3.05) is 11.0 Å². The number of nitrogens with one attached hydrogen (secondary N) is 1. The topological polar surface area (TPSA) is 51.1 Å². The largest absolute Gasteiger partial charge is 0.389 e. The second-order valence-corrected chi connectivity index (χ2v) is 9.49. The second kappa shape index (κ2) is 8.15. The summed E-state index contributed by atoms with van der Waals surface area (Å²) in [7, 11) is -3.51. The molecule has 0 saturated carbocycles. The molecular formula is C21H22ClF3N2O2S. The van der Waals surface area contributed by atoms with E-state index < -0.39 is 28.2 Å². The molecule has 0 saturated heterocycles. The zero-order valence-electron chi connectivity index (χ0n) is 16.5. The van der Waals surface area contributed by atoms with Crippen LogP contribution in [0.15, 0.2) is 54.7 Å². The Bertz CT molecular complexity index is 1140. The predicted octanol–water partition coefficient (Wildman–Crippen LogP) is 6.16. The molecule has 0 aliphatic rings. The highest BCUT2D eigenvalue weighted by atomic mass is 35.5. The molecule has 30 heavy (non-hydrogen) atoms. The van der Waals surface area contributed by atoms with Crippen LogP contribution in [0.3, 0.4) is 0 Å². The number of alkyl halides is 3. The van der Waals surface area contributed by atoms with E-state index in [1.165, 1.54) is 0 Å². The molecular weight excluding hydrogens is 437 g/mol. The SMILES string of the molecule is CCC(CCC(F)(F)F)(c1ccc(Cl)cc1)n1ccc2c(NS(C)(=O)=O)cccc21. The average Bonchev–Trinajstić information content (AvgIpc) is 3.08. The quantitative estimate of drug-likeness (QED) is 0.460. The van der Waals surface area contributed by atoms with Gasteiger partial charge >= 0.3 is 6.18 Å². The molecule has 1 aromatic heterocycles. The number of benzene rings is 2. The highest BCUT2D eigenvalue weighted by Gasteiger charge is 2.38. The monoisotopic (exact) mass is 458 g/mol. The van der Waals surface area contributed by atoms with E-state index in [0.717, 1.165) is 6.26 Å². The number of halogens is 4. The Morgan fingerprint density at radius 3 is 2.27 bits per heavy atom. The van der Waals surface area contributed by atoms with Crippen LogP contribution in [-0.2, 0) is 15.6 Å². The Morgan fingerprint density at radius 2 is 1.70 bits per heavy atom. The summed E-state index contributed by atoms with van der Waals surface area (Å²) in [5.41, 5.74) is 0.747. The molecule has 3 rings (SSSR count). The molecule has 0 radical (unpaired) electrons. The molecule has 0 bridgehead atoms. The zero-order chi connectivity index (χ0) is 22.2. The lowest BCUT2D eigenvalue weighted by Gasteiger charge is -2.37. The zero-order valence-corrected chi connectivity index (χ0v) is 18.1. The molecule has 1 unspecified atom stereocenters. The summed E-state index contributed by atoms with van der Waals surface area (Å²) in [5, 5.41) is 1.11. The molecule has 0 fully saturated rings. The Kier molecular flexibility index (Phi) is 6.11. The van der Waals surface area contributed by atoms with Crippen LogP contribution in [0.2, 0.25) is 5.02 Å². The lowest BCUT2D eigenvalue weighted by atomic mass is 9.82. The predicted molar refractivity (Wildman–Crippen MR) is 115 cm³/mol. The van der Waals surface area contributed by atoms with Crippen molar-refractivity contribution < 1.29 is 21.6 Å². The van der Waals surface area contributed by atoms with E-state index in [-0.39, 0.29) is 6.42 Å². The Morgan fingerprint density at radius 1 is 1.03 bits per heavy atom. The summed E-state index contributed by atoms with van der Waals surface area (Å²) in [6.07, 6.45) is -2.26. The maximum Gasteiger partial charge on any atom is 0.389 e. The van der Waals surface area contributed by atoms with E-state index in [2.05, 4.69) is 4.72 Å². The number of fused-ring (bicyclic) bond motifs is 1. The van der Waals surface area contributed by atoms with Crippen molar-refractivity contribution >= 4 is 38.2 Å². The molecule has 0 amide bonds. The van der Waals surface area contributed by atoms with Crippen molar-refractivity contribution in [1.82, 2.24) is 4.57 Å². The van der Waals surface area contributed by atoms with Gasteiger partial charge in [-0.1, -0.05) is 36.7 Å². The summed E-state index contributed by atoms with van der Waals surface area (Å²) >= 11 is 6.00. The van der Waals surface area contributed by atoms with Crippen LogP contribution < -0.4 is 4.72 Å². The summed E-state index contributed by atoms with van der Waals surface area (Å²) in [6, 6.07) is 13.6. The van der Waals surface area contributed by atoms with Gasteiger partial charge in [0.2, 0.25) is 10.0 Å². The molecule has 3 aromatic rings. The van der Waals surface area contributed by atoms with Gasteiger partial charge in [0.15, 0.2) is 0 Å². The lowest BCUT2D eigenvalue weighted by molar-refractivity contribution is -0.139. The fraction of sp³-hybridized carbons (Fsp3) is 0.333. The molecule has 0 spiro atoms. The van der Waals surface area contributed by atoms with E-state index in [1.807, 2.05) is 11.5 Å². The normalized spacial score (nSPS) is 14.6. The van der Waals surface area contributed by atoms with Crippen molar-refractivity contribution in [2.45, 2.75) is 37.9 Å². The first kappa shape index (κ1) is 22.5. The van der Waals surface area contributed by atoms with Gasteiger partial charge in [-0.25, -0.2) is 8.42 Å². The standard InChI is InChI=1S/C21H22ClF3N2O2S/c1-3-20(12-13-21(23,24)25,15-7-9-16(22)10-8-15)27-14-11-17-18(26-30(2,28)29)5-4-6-19(17)27/h4-11,14,26H,3,12-13H2,1-2H3. The van der Waals surface area contributed by atoms with Crippen LogP contribution in [0.25, 0.3) is 10.9 Å². The summed E-state index contributed by atoms with van der Waals surface area (Å²) in [5.74, 6) is 0. The van der Waals surface area contributed by atoms with Gasteiger partial charge in [-0.05, 0) is 48.7 Å². The first-order valence-corrected chi connectivity index (χ1v) is 11.6. The van der Waals surface area contributed by atoms with Crippen LogP contribution in [0.5, 0.6) is 0 Å². The van der Waals surface area contributed by atoms with Crippen molar-refractivity contribution in [3.8, 4) is 0 Å². The van der Waals surface area contributed by atoms with Crippen LogP contribution in [0, 0.1) is 0 Å². The number of nitrogens with zero attached hydrogens (tertiary/aromatic N) is 1. The van der Waals surface area contributed by atoms with Gasteiger partial charge in [-0.15, -0.1) is 0 Å². The van der Waals surface area contributed by atoms with Gasteiger partial charge in [0.25, 0.3) is 0 Å². The lowest BCUT2D eigenvalue weighted by Crippen LogP contribution is -2.35. The van der Waals surface area contributed by atoms with Crippen molar-refractivity contribution in [1.29, 1.82) is 0 Å². The molecule has 1 N–H and O–H groups in total. The first-order valence-electron chi connectivity index (χ1n) is 9.36.